The molecule has 0 heterocycles. The number of hydrazone groups is 1. The zero-order valence-electron chi connectivity index (χ0n) is 15.8. The van der Waals surface area contributed by atoms with Crippen LogP contribution in [0.15, 0.2) is 82.8 Å². The minimum Gasteiger partial charge on any atom is -0.489 e. The summed E-state index contributed by atoms with van der Waals surface area (Å²) < 4.78 is 30.3. The van der Waals surface area contributed by atoms with Gasteiger partial charge in [0.05, 0.1) is 11.1 Å². The number of nitrogens with one attached hydrogen (secondary N) is 1. The smallest absolute Gasteiger partial charge is 0.276 e. The number of aryl methyl sites for hydroxylation is 2. The monoisotopic (exact) mass is 394 g/mol. The van der Waals surface area contributed by atoms with E-state index in [1.165, 1.54) is 11.8 Å². The van der Waals surface area contributed by atoms with Gasteiger partial charge in [0.1, 0.15) is 12.4 Å². The zero-order chi connectivity index (χ0) is 20.0. The summed E-state index contributed by atoms with van der Waals surface area (Å²) >= 11 is 0. The van der Waals surface area contributed by atoms with Crippen molar-refractivity contribution in [1.29, 1.82) is 0 Å². The molecule has 0 fully saturated rings. The van der Waals surface area contributed by atoms with E-state index in [0.29, 0.717) is 12.4 Å². The first-order valence-corrected chi connectivity index (χ1v) is 10.3. The lowest BCUT2D eigenvalue weighted by Gasteiger charge is -2.07. The van der Waals surface area contributed by atoms with E-state index in [1.54, 1.807) is 30.3 Å². The van der Waals surface area contributed by atoms with E-state index in [4.69, 9.17) is 4.74 Å². The van der Waals surface area contributed by atoms with E-state index < -0.39 is 10.0 Å². The predicted octanol–water partition coefficient (Wildman–Crippen LogP) is 4.19. The van der Waals surface area contributed by atoms with Crippen LogP contribution in [-0.2, 0) is 16.6 Å². The fraction of sp³-hybridized carbons (Fsp3) is 0.136. The molecule has 5 nitrogen and oxygen atoms in total. The van der Waals surface area contributed by atoms with Crippen LogP contribution < -0.4 is 9.57 Å². The third kappa shape index (κ3) is 5.44. The van der Waals surface area contributed by atoms with Gasteiger partial charge in [-0.05, 0) is 49.2 Å². The van der Waals surface area contributed by atoms with Crippen molar-refractivity contribution >= 4 is 16.2 Å². The summed E-state index contributed by atoms with van der Waals surface area (Å²) in [5.41, 5.74) is 4.00. The number of benzene rings is 3. The Morgan fingerprint density at radius 3 is 2.25 bits per heavy atom. The Balaban J connectivity index is 1.62. The van der Waals surface area contributed by atoms with Crippen molar-refractivity contribution in [2.75, 3.05) is 0 Å². The number of nitrogens with zero attached hydrogens (tertiary/aromatic N) is 1. The van der Waals surface area contributed by atoms with Crippen molar-refractivity contribution in [3.05, 3.63) is 95.1 Å². The first kappa shape index (κ1) is 19.6. The Kier molecular flexibility index (Phi) is 6.11. The molecule has 0 aromatic heterocycles. The van der Waals surface area contributed by atoms with Crippen LogP contribution in [0.1, 0.15) is 22.3 Å². The topological polar surface area (TPSA) is 67.8 Å². The molecular weight excluding hydrogens is 372 g/mol. The molecule has 28 heavy (non-hydrogen) atoms. The predicted molar refractivity (Wildman–Crippen MR) is 111 cm³/mol. The van der Waals surface area contributed by atoms with E-state index in [0.717, 1.165) is 16.7 Å². The summed E-state index contributed by atoms with van der Waals surface area (Å²) in [6.45, 7) is 4.40. The Morgan fingerprint density at radius 1 is 0.929 bits per heavy atom. The van der Waals surface area contributed by atoms with Gasteiger partial charge in [0.2, 0.25) is 0 Å². The Hall–Kier alpha value is -3.12. The summed E-state index contributed by atoms with van der Waals surface area (Å²) in [6.07, 6.45) is 1.45. The molecule has 0 saturated carbocycles. The molecule has 1 N–H and O–H groups in total. The molecule has 0 aliphatic carbocycles. The fourth-order valence-electron chi connectivity index (χ4n) is 2.48. The summed E-state index contributed by atoms with van der Waals surface area (Å²) in [6, 6.07) is 22.0. The third-order valence-corrected chi connectivity index (χ3v) is 5.34. The van der Waals surface area contributed by atoms with Crippen LogP contribution in [0.2, 0.25) is 0 Å². The van der Waals surface area contributed by atoms with Gasteiger partial charge in [-0.15, -0.1) is 0 Å². The van der Waals surface area contributed by atoms with Gasteiger partial charge >= 0.3 is 0 Å². The van der Waals surface area contributed by atoms with E-state index in [9.17, 15) is 8.42 Å². The quantitative estimate of drug-likeness (QED) is 0.482. The highest BCUT2D eigenvalue weighted by molar-refractivity contribution is 7.89. The van der Waals surface area contributed by atoms with Gasteiger partial charge in [-0.25, -0.2) is 4.83 Å². The molecule has 6 heteroatoms. The highest BCUT2D eigenvalue weighted by Gasteiger charge is 2.11. The number of rotatable bonds is 7. The number of hydrogen-bond donors (Lipinski definition) is 1. The molecule has 0 bridgehead atoms. The van der Waals surface area contributed by atoms with Crippen LogP contribution in [0.5, 0.6) is 5.75 Å². The Bertz CT molecular complexity index is 1060. The first-order valence-electron chi connectivity index (χ1n) is 8.82. The molecular formula is C22H22N2O3S. The lowest BCUT2D eigenvalue weighted by Crippen LogP contribution is -2.18. The normalized spacial score (nSPS) is 11.5. The van der Waals surface area contributed by atoms with Crippen LogP contribution in [0, 0.1) is 13.8 Å². The molecule has 144 valence electrons. The van der Waals surface area contributed by atoms with Crippen molar-refractivity contribution in [3.8, 4) is 5.75 Å². The van der Waals surface area contributed by atoms with Crippen molar-refractivity contribution in [2.24, 2.45) is 5.10 Å². The standard InChI is InChI=1S/C22H22N2O3S/c1-17-6-10-19(11-7-17)16-27-21-5-3-4-20(14-21)15-23-24-28(25,26)22-12-8-18(2)9-13-22/h3-15,24H,16H2,1-2H3/b23-15+. The molecule has 0 amide bonds. The lowest BCUT2D eigenvalue weighted by molar-refractivity contribution is 0.306. The van der Waals surface area contributed by atoms with Crippen molar-refractivity contribution in [2.45, 2.75) is 25.3 Å². The fourth-order valence-corrected chi connectivity index (χ4v) is 3.27. The third-order valence-electron chi connectivity index (χ3n) is 4.10. The maximum absolute atomic E-state index is 12.2. The molecule has 3 aromatic carbocycles. The molecule has 0 aliphatic rings. The van der Waals surface area contributed by atoms with Gasteiger partial charge in [-0.3, -0.25) is 0 Å². The van der Waals surface area contributed by atoms with E-state index in [2.05, 4.69) is 9.93 Å². The van der Waals surface area contributed by atoms with E-state index in [1.807, 2.05) is 56.3 Å². The second-order valence-electron chi connectivity index (χ2n) is 6.51. The van der Waals surface area contributed by atoms with Gasteiger partial charge < -0.3 is 4.74 Å². The van der Waals surface area contributed by atoms with Crippen molar-refractivity contribution in [3.63, 3.8) is 0 Å². The molecule has 3 rings (SSSR count). The first-order chi connectivity index (χ1) is 13.4. The molecule has 0 aliphatic heterocycles. The number of hydrogen-bond acceptors (Lipinski definition) is 4. The second-order valence-corrected chi connectivity index (χ2v) is 8.17. The highest BCUT2D eigenvalue weighted by atomic mass is 32.2. The minimum absolute atomic E-state index is 0.172. The van der Waals surface area contributed by atoms with Gasteiger partial charge in [0.25, 0.3) is 10.0 Å². The van der Waals surface area contributed by atoms with Gasteiger partial charge in [-0.1, -0.05) is 59.7 Å². The maximum Gasteiger partial charge on any atom is 0.276 e. The Labute approximate surface area is 165 Å². The molecule has 3 aromatic rings. The summed E-state index contributed by atoms with van der Waals surface area (Å²) in [5, 5.41) is 3.86. The number of sulfonamides is 1. The van der Waals surface area contributed by atoms with Crippen LogP contribution in [0.3, 0.4) is 0 Å². The lowest BCUT2D eigenvalue weighted by atomic mass is 10.2. The molecule has 0 radical (unpaired) electrons. The van der Waals surface area contributed by atoms with Gasteiger partial charge in [-0.2, -0.15) is 13.5 Å². The summed E-state index contributed by atoms with van der Waals surface area (Å²) in [4.78, 5) is 2.40. The van der Waals surface area contributed by atoms with Gasteiger partial charge in [0, 0.05) is 0 Å². The van der Waals surface area contributed by atoms with Crippen molar-refractivity contribution in [1.82, 2.24) is 4.83 Å². The Morgan fingerprint density at radius 2 is 1.57 bits per heavy atom. The molecule has 0 atom stereocenters. The van der Waals surface area contributed by atoms with Crippen LogP contribution in [-0.4, -0.2) is 14.6 Å². The number of ether oxygens (including phenoxy) is 1. The van der Waals surface area contributed by atoms with E-state index >= 15 is 0 Å². The van der Waals surface area contributed by atoms with Crippen LogP contribution in [0.4, 0.5) is 0 Å². The SMILES string of the molecule is Cc1ccc(COc2cccc(/C=N/NS(=O)(=O)c3ccc(C)cc3)c2)cc1. The molecule has 0 unspecified atom stereocenters. The average molecular weight is 394 g/mol. The van der Waals surface area contributed by atoms with Crippen LogP contribution in [0.25, 0.3) is 0 Å². The highest BCUT2D eigenvalue weighted by Crippen LogP contribution is 2.15. The largest absolute Gasteiger partial charge is 0.489 e. The molecule has 0 saturated heterocycles. The second kappa shape index (κ2) is 8.71. The van der Waals surface area contributed by atoms with Gasteiger partial charge in [0.15, 0.2) is 0 Å². The molecule has 0 spiro atoms. The minimum atomic E-state index is -3.69. The maximum atomic E-state index is 12.2. The average Bonchev–Trinajstić information content (AvgIpc) is 2.68. The van der Waals surface area contributed by atoms with Crippen LogP contribution >= 0.6 is 0 Å². The van der Waals surface area contributed by atoms with Crippen molar-refractivity contribution < 1.29 is 13.2 Å². The summed E-state index contributed by atoms with van der Waals surface area (Å²) in [7, 11) is -3.69. The summed E-state index contributed by atoms with van der Waals surface area (Å²) in [5.74, 6) is 0.686. The zero-order valence-corrected chi connectivity index (χ0v) is 16.6. The van der Waals surface area contributed by atoms with E-state index in [-0.39, 0.29) is 4.90 Å².